The highest BCUT2D eigenvalue weighted by Crippen LogP contribution is 2.28. The highest BCUT2D eigenvalue weighted by Gasteiger charge is 2.44. The number of hydrogen-bond donors (Lipinski definition) is 0. The summed E-state index contributed by atoms with van der Waals surface area (Å²) in [6, 6.07) is 21.7. The first-order valence-electron chi connectivity index (χ1n) is 10.8. The van der Waals surface area contributed by atoms with Crippen molar-refractivity contribution in [3.63, 3.8) is 0 Å². The second kappa shape index (κ2) is 9.59. The molecular formula is C27H23N3O4. The quantitative estimate of drug-likeness (QED) is 0.529. The topological polar surface area (TPSA) is 90.7 Å². The van der Waals surface area contributed by atoms with Crippen LogP contribution in [0.15, 0.2) is 72.8 Å². The van der Waals surface area contributed by atoms with Crippen molar-refractivity contribution in [1.82, 2.24) is 4.90 Å². The van der Waals surface area contributed by atoms with Crippen molar-refractivity contribution in [2.45, 2.75) is 25.9 Å². The molecule has 0 bridgehead atoms. The summed E-state index contributed by atoms with van der Waals surface area (Å²) < 4.78 is 5.25. The van der Waals surface area contributed by atoms with Gasteiger partial charge in [0.15, 0.2) is 0 Å². The van der Waals surface area contributed by atoms with Gasteiger partial charge in [-0.25, -0.2) is 4.90 Å². The van der Waals surface area contributed by atoms with Gasteiger partial charge in [0.1, 0.15) is 11.8 Å². The van der Waals surface area contributed by atoms with Crippen LogP contribution < -0.4 is 9.64 Å². The maximum absolute atomic E-state index is 13.6. The normalized spacial score (nSPS) is 15.2. The SMILES string of the molecule is COc1cccc(C(=O)N(Cc2ccc(C)cc2)C2CC(=O)N(c3ccc(C#N)cc3)C2=O)c1. The third kappa shape index (κ3) is 4.52. The number of methoxy groups -OCH3 is 1. The Morgan fingerprint density at radius 2 is 1.79 bits per heavy atom. The van der Waals surface area contributed by atoms with Crippen LogP contribution in [0.1, 0.15) is 33.5 Å². The smallest absolute Gasteiger partial charge is 0.257 e. The zero-order chi connectivity index (χ0) is 24.2. The van der Waals surface area contributed by atoms with E-state index in [0.717, 1.165) is 16.0 Å². The minimum Gasteiger partial charge on any atom is -0.497 e. The van der Waals surface area contributed by atoms with E-state index in [1.807, 2.05) is 37.3 Å². The predicted molar refractivity (Wildman–Crippen MR) is 126 cm³/mol. The first kappa shape index (κ1) is 22.7. The molecule has 0 spiro atoms. The van der Waals surface area contributed by atoms with E-state index in [4.69, 9.17) is 10.00 Å². The number of hydrogen-bond acceptors (Lipinski definition) is 5. The van der Waals surface area contributed by atoms with E-state index in [9.17, 15) is 14.4 Å². The maximum atomic E-state index is 13.6. The fraction of sp³-hybridized carbons (Fsp3) is 0.185. The summed E-state index contributed by atoms with van der Waals surface area (Å²) in [6.07, 6.45) is -0.125. The number of aryl methyl sites for hydroxylation is 1. The predicted octanol–water partition coefficient (Wildman–Crippen LogP) is 3.85. The van der Waals surface area contributed by atoms with Crippen LogP contribution in [0.3, 0.4) is 0 Å². The second-order valence-electron chi connectivity index (χ2n) is 8.10. The first-order chi connectivity index (χ1) is 16.4. The molecule has 1 aliphatic heterocycles. The average molecular weight is 453 g/mol. The number of carbonyl (C=O) groups excluding carboxylic acids is 3. The average Bonchev–Trinajstić information content (AvgIpc) is 3.16. The number of nitrogens with zero attached hydrogens (tertiary/aromatic N) is 3. The van der Waals surface area contributed by atoms with E-state index in [0.29, 0.717) is 22.6 Å². The molecule has 3 aromatic carbocycles. The zero-order valence-electron chi connectivity index (χ0n) is 18.9. The summed E-state index contributed by atoms with van der Waals surface area (Å²) in [6.45, 7) is 2.14. The molecule has 0 aromatic heterocycles. The standard InChI is InChI=1S/C27H23N3O4/c1-18-6-8-20(9-7-18)17-29(26(32)21-4-3-5-23(14-21)34-2)24-15-25(31)30(27(24)33)22-12-10-19(16-28)11-13-22/h3-14,24H,15,17H2,1-2H3. The lowest BCUT2D eigenvalue weighted by Gasteiger charge is -2.28. The summed E-state index contributed by atoms with van der Waals surface area (Å²) in [5.74, 6) is -0.716. The number of ether oxygens (including phenoxy) is 1. The molecule has 1 saturated heterocycles. The number of carbonyl (C=O) groups is 3. The van der Waals surface area contributed by atoms with Gasteiger partial charge >= 0.3 is 0 Å². The molecule has 1 atom stereocenters. The summed E-state index contributed by atoms with van der Waals surface area (Å²) >= 11 is 0. The van der Waals surface area contributed by atoms with Gasteiger partial charge < -0.3 is 9.64 Å². The van der Waals surface area contributed by atoms with Crippen molar-refractivity contribution < 1.29 is 19.1 Å². The Morgan fingerprint density at radius 1 is 1.09 bits per heavy atom. The monoisotopic (exact) mass is 453 g/mol. The van der Waals surface area contributed by atoms with Crippen molar-refractivity contribution in [2.24, 2.45) is 0 Å². The number of rotatable bonds is 6. The van der Waals surface area contributed by atoms with Gasteiger partial charge in [-0.05, 0) is 55.0 Å². The van der Waals surface area contributed by atoms with E-state index in [1.54, 1.807) is 48.5 Å². The molecule has 0 aliphatic carbocycles. The second-order valence-corrected chi connectivity index (χ2v) is 8.10. The number of imide groups is 1. The molecule has 3 aromatic rings. The molecule has 7 nitrogen and oxygen atoms in total. The van der Waals surface area contributed by atoms with Crippen molar-refractivity contribution in [1.29, 1.82) is 5.26 Å². The molecule has 7 heteroatoms. The molecule has 170 valence electrons. The third-order valence-corrected chi connectivity index (χ3v) is 5.80. The Hall–Kier alpha value is -4.44. The summed E-state index contributed by atoms with van der Waals surface area (Å²) in [5.41, 5.74) is 3.09. The maximum Gasteiger partial charge on any atom is 0.257 e. The van der Waals surface area contributed by atoms with Crippen LogP contribution in [0.4, 0.5) is 5.69 Å². The van der Waals surface area contributed by atoms with Gasteiger partial charge in [-0.2, -0.15) is 5.26 Å². The lowest BCUT2D eigenvalue weighted by Crippen LogP contribution is -2.45. The van der Waals surface area contributed by atoms with Crippen LogP contribution in [0.25, 0.3) is 0 Å². The van der Waals surface area contributed by atoms with E-state index >= 15 is 0 Å². The molecule has 1 unspecified atom stereocenters. The molecule has 34 heavy (non-hydrogen) atoms. The Morgan fingerprint density at radius 3 is 2.44 bits per heavy atom. The van der Waals surface area contributed by atoms with Crippen LogP contribution >= 0.6 is 0 Å². The Kier molecular flexibility index (Phi) is 6.42. The molecule has 0 radical (unpaired) electrons. The van der Waals surface area contributed by atoms with E-state index in [1.165, 1.54) is 12.0 Å². The molecule has 4 rings (SSSR count). The van der Waals surface area contributed by atoms with Gasteiger partial charge in [-0.1, -0.05) is 35.9 Å². The fourth-order valence-corrected chi connectivity index (χ4v) is 3.95. The molecule has 0 saturated carbocycles. The highest BCUT2D eigenvalue weighted by molar-refractivity contribution is 6.23. The lowest BCUT2D eigenvalue weighted by molar-refractivity contribution is -0.122. The van der Waals surface area contributed by atoms with E-state index in [-0.39, 0.29) is 18.9 Å². The largest absolute Gasteiger partial charge is 0.497 e. The van der Waals surface area contributed by atoms with Gasteiger partial charge in [0, 0.05) is 12.1 Å². The van der Waals surface area contributed by atoms with E-state index in [2.05, 4.69) is 0 Å². The summed E-state index contributed by atoms with van der Waals surface area (Å²) in [7, 11) is 1.52. The summed E-state index contributed by atoms with van der Waals surface area (Å²) in [4.78, 5) is 42.5. The minimum absolute atomic E-state index is 0.125. The van der Waals surface area contributed by atoms with Crippen molar-refractivity contribution in [2.75, 3.05) is 12.0 Å². The fourth-order valence-electron chi connectivity index (χ4n) is 3.95. The number of nitriles is 1. The van der Waals surface area contributed by atoms with Crippen LogP contribution in [0, 0.1) is 18.3 Å². The molecular weight excluding hydrogens is 430 g/mol. The summed E-state index contributed by atoms with van der Waals surface area (Å²) in [5, 5.41) is 9.03. The molecule has 1 fully saturated rings. The molecule has 3 amide bonds. The van der Waals surface area contributed by atoms with Crippen LogP contribution in [0.5, 0.6) is 5.75 Å². The van der Waals surface area contributed by atoms with E-state index < -0.39 is 17.9 Å². The van der Waals surface area contributed by atoms with Crippen molar-refractivity contribution >= 4 is 23.4 Å². The van der Waals surface area contributed by atoms with Crippen molar-refractivity contribution in [3.8, 4) is 11.8 Å². The van der Waals surface area contributed by atoms with Crippen LogP contribution in [-0.4, -0.2) is 35.8 Å². The van der Waals surface area contributed by atoms with Gasteiger partial charge in [-0.15, -0.1) is 0 Å². The third-order valence-electron chi connectivity index (χ3n) is 5.80. The van der Waals surface area contributed by atoms with Gasteiger partial charge in [0.05, 0.1) is 30.9 Å². The van der Waals surface area contributed by atoms with Crippen LogP contribution in [-0.2, 0) is 16.1 Å². The van der Waals surface area contributed by atoms with Gasteiger partial charge in [0.25, 0.3) is 11.8 Å². The highest BCUT2D eigenvalue weighted by atomic mass is 16.5. The Labute approximate surface area is 197 Å². The first-order valence-corrected chi connectivity index (χ1v) is 10.8. The van der Waals surface area contributed by atoms with Gasteiger partial charge in [0.2, 0.25) is 5.91 Å². The lowest BCUT2D eigenvalue weighted by atomic mass is 10.1. The van der Waals surface area contributed by atoms with Gasteiger partial charge in [-0.3, -0.25) is 14.4 Å². The molecule has 1 heterocycles. The molecule has 0 N–H and O–H groups in total. The number of benzene rings is 3. The van der Waals surface area contributed by atoms with Crippen LogP contribution in [0.2, 0.25) is 0 Å². The number of amides is 3. The zero-order valence-corrected chi connectivity index (χ0v) is 18.9. The molecule has 1 aliphatic rings. The minimum atomic E-state index is -0.955. The Bertz CT molecular complexity index is 1280. The number of anilines is 1. The Balaban J connectivity index is 1.69. The van der Waals surface area contributed by atoms with Crippen molar-refractivity contribution in [3.05, 3.63) is 95.1 Å².